The second-order valence-corrected chi connectivity index (χ2v) is 4.95. The highest BCUT2D eigenvalue weighted by atomic mass is 79.9. The second kappa shape index (κ2) is 6.30. The van der Waals surface area contributed by atoms with Gasteiger partial charge < -0.3 is 0 Å². The third kappa shape index (κ3) is 4.33. The van der Waals surface area contributed by atoms with Gasteiger partial charge in [-0.25, -0.2) is 4.98 Å². The van der Waals surface area contributed by atoms with E-state index < -0.39 is 0 Å². The Labute approximate surface area is 96.9 Å². The number of halogens is 1. The molecule has 0 spiro atoms. The molecule has 14 heavy (non-hydrogen) atoms. The van der Waals surface area contributed by atoms with Gasteiger partial charge in [0, 0.05) is 35.7 Å². The van der Waals surface area contributed by atoms with Crippen LogP contribution in [0.4, 0.5) is 0 Å². The molecule has 0 atom stereocenters. The molecule has 0 fully saturated rings. The van der Waals surface area contributed by atoms with Crippen molar-refractivity contribution in [3.63, 3.8) is 0 Å². The lowest BCUT2D eigenvalue weighted by atomic mass is 10.1. The standard InChI is InChI=1S/C10H14BrNOS/c1-8-7-14-10(12-8)5-4-9(13)3-2-6-11/h7H,2-6H2,1H3. The number of hydrogen-bond donors (Lipinski definition) is 0. The van der Waals surface area contributed by atoms with Gasteiger partial charge in [-0.2, -0.15) is 0 Å². The first-order valence-electron chi connectivity index (χ1n) is 4.71. The highest BCUT2D eigenvalue weighted by molar-refractivity contribution is 9.09. The number of rotatable bonds is 6. The van der Waals surface area contributed by atoms with Gasteiger partial charge >= 0.3 is 0 Å². The zero-order chi connectivity index (χ0) is 10.4. The maximum atomic E-state index is 11.3. The lowest BCUT2D eigenvalue weighted by Crippen LogP contribution is -2.00. The van der Waals surface area contributed by atoms with E-state index in [9.17, 15) is 4.79 Å². The number of carbonyl (C=O) groups is 1. The molecule has 0 aromatic carbocycles. The van der Waals surface area contributed by atoms with Crippen molar-refractivity contribution < 1.29 is 4.79 Å². The molecule has 0 aliphatic carbocycles. The Balaban J connectivity index is 2.23. The predicted octanol–water partition coefficient (Wildman–Crippen LogP) is 3.13. The van der Waals surface area contributed by atoms with E-state index in [1.54, 1.807) is 11.3 Å². The number of hydrogen-bond acceptors (Lipinski definition) is 3. The van der Waals surface area contributed by atoms with Gasteiger partial charge in [-0.15, -0.1) is 11.3 Å². The Kier molecular flexibility index (Phi) is 5.33. The van der Waals surface area contributed by atoms with Crippen LogP contribution in [-0.2, 0) is 11.2 Å². The maximum Gasteiger partial charge on any atom is 0.133 e. The summed E-state index contributed by atoms with van der Waals surface area (Å²) in [6, 6.07) is 0. The van der Waals surface area contributed by atoms with Crippen LogP contribution >= 0.6 is 27.3 Å². The van der Waals surface area contributed by atoms with Crippen molar-refractivity contribution in [3.05, 3.63) is 16.1 Å². The lowest BCUT2D eigenvalue weighted by Gasteiger charge is -1.96. The summed E-state index contributed by atoms with van der Waals surface area (Å²) in [4.78, 5) is 15.7. The molecule has 2 nitrogen and oxygen atoms in total. The van der Waals surface area contributed by atoms with Crippen molar-refractivity contribution >= 4 is 33.0 Å². The fraction of sp³-hybridized carbons (Fsp3) is 0.600. The summed E-state index contributed by atoms with van der Waals surface area (Å²) in [6.45, 7) is 1.98. The van der Waals surface area contributed by atoms with Gasteiger partial charge in [0.15, 0.2) is 0 Å². The molecule has 1 heterocycles. The summed E-state index contributed by atoms with van der Waals surface area (Å²) in [5.41, 5.74) is 1.05. The van der Waals surface area contributed by atoms with Crippen LogP contribution in [0.1, 0.15) is 30.0 Å². The Morgan fingerprint density at radius 3 is 2.93 bits per heavy atom. The maximum absolute atomic E-state index is 11.3. The minimum atomic E-state index is 0.345. The second-order valence-electron chi connectivity index (χ2n) is 3.21. The summed E-state index contributed by atoms with van der Waals surface area (Å²) in [6.07, 6.45) is 3.07. The van der Waals surface area contributed by atoms with Crippen LogP contribution in [0.2, 0.25) is 0 Å². The number of aryl methyl sites for hydroxylation is 2. The van der Waals surface area contributed by atoms with Gasteiger partial charge in [-0.1, -0.05) is 15.9 Å². The van der Waals surface area contributed by atoms with Crippen LogP contribution in [0.3, 0.4) is 0 Å². The largest absolute Gasteiger partial charge is 0.300 e. The van der Waals surface area contributed by atoms with Crippen molar-refractivity contribution in [2.75, 3.05) is 5.33 Å². The highest BCUT2D eigenvalue weighted by Crippen LogP contribution is 2.11. The smallest absolute Gasteiger partial charge is 0.133 e. The van der Waals surface area contributed by atoms with Gasteiger partial charge in [0.25, 0.3) is 0 Å². The van der Waals surface area contributed by atoms with E-state index in [4.69, 9.17) is 0 Å². The molecule has 0 saturated carbocycles. The molecule has 1 aromatic heterocycles. The molecule has 78 valence electrons. The summed E-state index contributed by atoms with van der Waals surface area (Å²) in [7, 11) is 0. The SMILES string of the molecule is Cc1csc(CCC(=O)CCCBr)n1. The number of carbonyl (C=O) groups excluding carboxylic acids is 1. The number of Topliss-reactive ketones (excluding diaryl/α,β-unsaturated/α-hetero) is 1. The van der Waals surface area contributed by atoms with Crippen LogP contribution in [0, 0.1) is 6.92 Å². The zero-order valence-corrected chi connectivity index (χ0v) is 10.7. The first kappa shape index (κ1) is 11.9. The highest BCUT2D eigenvalue weighted by Gasteiger charge is 2.04. The van der Waals surface area contributed by atoms with Crippen LogP contribution in [0.5, 0.6) is 0 Å². The normalized spacial score (nSPS) is 10.4. The molecule has 0 amide bonds. The molecular formula is C10H14BrNOS. The Bertz CT molecular complexity index is 298. The van der Waals surface area contributed by atoms with E-state index >= 15 is 0 Å². The van der Waals surface area contributed by atoms with Crippen LogP contribution in [0.15, 0.2) is 5.38 Å². The average molecular weight is 276 g/mol. The fourth-order valence-corrected chi connectivity index (χ4v) is 2.21. The first-order valence-corrected chi connectivity index (χ1v) is 6.71. The molecule has 0 bridgehead atoms. The van der Waals surface area contributed by atoms with Crippen molar-refractivity contribution in [1.29, 1.82) is 0 Å². The van der Waals surface area contributed by atoms with Crippen molar-refractivity contribution in [1.82, 2.24) is 4.98 Å². The molecule has 1 rings (SSSR count). The molecule has 0 N–H and O–H groups in total. The molecule has 0 radical (unpaired) electrons. The van der Waals surface area contributed by atoms with Crippen molar-refractivity contribution in [2.45, 2.75) is 32.6 Å². The van der Waals surface area contributed by atoms with E-state index in [0.717, 1.165) is 28.9 Å². The molecule has 4 heteroatoms. The van der Waals surface area contributed by atoms with E-state index in [2.05, 4.69) is 20.9 Å². The predicted molar refractivity (Wildman–Crippen MR) is 63.2 cm³/mol. The van der Waals surface area contributed by atoms with E-state index in [1.807, 2.05) is 12.3 Å². The molecule has 0 aliphatic rings. The van der Waals surface area contributed by atoms with Crippen LogP contribution in [0.25, 0.3) is 0 Å². The summed E-state index contributed by atoms with van der Waals surface area (Å²) >= 11 is 4.96. The third-order valence-electron chi connectivity index (χ3n) is 1.87. The number of thiazole rings is 1. The topological polar surface area (TPSA) is 30.0 Å². The Morgan fingerprint density at radius 2 is 2.36 bits per heavy atom. The minimum absolute atomic E-state index is 0.345. The fourth-order valence-electron chi connectivity index (χ4n) is 1.15. The number of alkyl halides is 1. The van der Waals surface area contributed by atoms with E-state index in [0.29, 0.717) is 18.6 Å². The first-order chi connectivity index (χ1) is 6.72. The van der Waals surface area contributed by atoms with Gasteiger partial charge in [0.2, 0.25) is 0 Å². The summed E-state index contributed by atoms with van der Waals surface area (Å²) in [5.74, 6) is 0.345. The number of ketones is 1. The van der Waals surface area contributed by atoms with E-state index in [-0.39, 0.29) is 0 Å². The zero-order valence-electron chi connectivity index (χ0n) is 8.25. The monoisotopic (exact) mass is 275 g/mol. The van der Waals surface area contributed by atoms with E-state index in [1.165, 1.54) is 0 Å². The minimum Gasteiger partial charge on any atom is -0.300 e. The Hall–Kier alpha value is -0.220. The third-order valence-corrected chi connectivity index (χ3v) is 3.46. The van der Waals surface area contributed by atoms with Gasteiger partial charge in [0.1, 0.15) is 5.78 Å². The molecule has 1 aromatic rings. The quantitative estimate of drug-likeness (QED) is 0.747. The Morgan fingerprint density at radius 1 is 1.57 bits per heavy atom. The van der Waals surface area contributed by atoms with Gasteiger partial charge in [-0.05, 0) is 13.3 Å². The van der Waals surface area contributed by atoms with Gasteiger partial charge in [0.05, 0.1) is 5.01 Å². The molecular weight excluding hydrogens is 262 g/mol. The van der Waals surface area contributed by atoms with Crippen molar-refractivity contribution in [2.24, 2.45) is 0 Å². The van der Waals surface area contributed by atoms with Gasteiger partial charge in [-0.3, -0.25) is 4.79 Å². The molecule has 0 aliphatic heterocycles. The molecule has 0 unspecified atom stereocenters. The van der Waals surface area contributed by atoms with Crippen LogP contribution < -0.4 is 0 Å². The number of nitrogens with zero attached hydrogens (tertiary/aromatic N) is 1. The van der Waals surface area contributed by atoms with Crippen LogP contribution in [-0.4, -0.2) is 16.1 Å². The average Bonchev–Trinajstić information content (AvgIpc) is 2.58. The summed E-state index contributed by atoms with van der Waals surface area (Å²) in [5, 5.41) is 4.02. The van der Waals surface area contributed by atoms with Crippen molar-refractivity contribution in [3.8, 4) is 0 Å². The molecule has 0 saturated heterocycles. The lowest BCUT2D eigenvalue weighted by molar-refractivity contribution is -0.119. The number of aromatic nitrogens is 1. The summed E-state index contributed by atoms with van der Waals surface area (Å²) < 4.78 is 0.